The van der Waals surface area contributed by atoms with Crippen molar-refractivity contribution in [1.82, 2.24) is 24.5 Å². The fourth-order valence-corrected chi connectivity index (χ4v) is 2.86. The topological polar surface area (TPSA) is 94.9 Å². The van der Waals surface area contributed by atoms with Gasteiger partial charge < -0.3 is 9.47 Å². The zero-order valence-electron chi connectivity index (χ0n) is 14.4. The minimum atomic E-state index is -0.298. The maximum atomic E-state index is 12.6. The standard InChI is InChI=1S/C18H17N5O3/c1-3-25-14-7-8-19-17-16(14)23(18(24)22-17)11-5-6-12-13(9-11)21-15(10-20-12)26-4-2/h5-10H,3-4H2,1-2H3,(H,19,22,24). The van der Waals surface area contributed by atoms with E-state index in [0.29, 0.717) is 52.7 Å². The molecule has 0 bridgehead atoms. The summed E-state index contributed by atoms with van der Waals surface area (Å²) in [5.74, 6) is 1.03. The Kier molecular flexibility index (Phi) is 4.00. The van der Waals surface area contributed by atoms with Crippen LogP contribution in [-0.4, -0.2) is 37.7 Å². The number of fused-ring (bicyclic) bond motifs is 2. The van der Waals surface area contributed by atoms with Crippen LogP contribution in [0.2, 0.25) is 0 Å². The quantitative estimate of drug-likeness (QED) is 0.593. The Morgan fingerprint density at radius 1 is 1.08 bits per heavy atom. The van der Waals surface area contributed by atoms with Gasteiger partial charge in [0.2, 0.25) is 5.88 Å². The number of pyridine rings is 1. The molecule has 0 aliphatic rings. The number of hydrogen-bond donors (Lipinski definition) is 1. The first kappa shape index (κ1) is 16.1. The molecule has 1 N–H and O–H groups in total. The van der Waals surface area contributed by atoms with E-state index in [1.54, 1.807) is 24.5 Å². The normalized spacial score (nSPS) is 11.2. The number of nitrogens with zero attached hydrogens (tertiary/aromatic N) is 4. The van der Waals surface area contributed by atoms with Crippen LogP contribution >= 0.6 is 0 Å². The van der Waals surface area contributed by atoms with Crippen molar-refractivity contribution in [2.45, 2.75) is 13.8 Å². The van der Waals surface area contributed by atoms with Gasteiger partial charge in [-0.05, 0) is 32.0 Å². The van der Waals surface area contributed by atoms with Gasteiger partial charge in [0.25, 0.3) is 0 Å². The molecule has 8 nitrogen and oxygen atoms in total. The molecule has 3 aromatic heterocycles. The lowest BCUT2D eigenvalue weighted by molar-refractivity contribution is 0.327. The van der Waals surface area contributed by atoms with E-state index in [2.05, 4.69) is 19.9 Å². The first-order valence-electron chi connectivity index (χ1n) is 8.33. The summed E-state index contributed by atoms with van der Waals surface area (Å²) in [6.07, 6.45) is 3.19. The molecule has 0 radical (unpaired) electrons. The maximum Gasteiger partial charge on any atom is 0.332 e. The number of hydrogen-bond acceptors (Lipinski definition) is 6. The summed E-state index contributed by atoms with van der Waals surface area (Å²) in [4.78, 5) is 28.3. The molecule has 0 aliphatic carbocycles. The third-order valence-corrected chi connectivity index (χ3v) is 3.89. The molecule has 0 saturated heterocycles. The van der Waals surface area contributed by atoms with Gasteiger partial charge >= 0.3 is 5.69 Å². The smallest absolute Gasteiger partial charge is 0.332 e. The third-order valence-electron chi connectivity index (χ3n) is 3.89. The minimum Gasteiger partial charge on any atom is -0.491 e. The molecule has 0 spiro atoms. The van der Waals surface area contributed by atoms with Crippen molar-refractivity contribution in [2.24, 2.45) is 0 Å². The zero-order valence-corrected chi connectivity index (χ0v) is 14.4. The first-order valence-corrected chi connectivity index (χ1v) is 8.33. The van der Waals surface area contributed by atoms with Gasteiger partial charge in [0.15, 0.2) is 5.65 Å². The van der Waals surface area contributed by atoms with Crippen molar-refractivity contribution >= 4 is 22.2 Å². The molecule has 0 unspecified atom stereocenters. The number of aromatic amines is 1. The number of H-pyrrole nitrogens is 1. The summed E-state index contributed by atoms with van der Waals surface area (Å²) < 4.78 is 12.6. The van der Waals surface area contributed by atoms with Crippen LogP contribution < -0.4 is 15.2 Å². The molecular weight excluding hydrogens is 334 g/mol. The molecule has 0 saturated carbocycles. The highest BCUT2D eigenvalue weighted by Crippen LogP contribution is 2.26. The second-order valence-electron chi connectivity index (χ2n) is 5.52. The highest BCUT2D eigenvalue weighted by molar-refractivity contribution is 5.82. The van der Waals surface area contributed by atoms with E-state index < -0.39 is 0 Å². The fourth-order valence-electron chi connectivity index (χ4n) is 2.86. The van der Waals surface area contributed by atoms with Gasteiger partial charge in [0, 0.05) is 12.3 Å². The minimum absolute atomic E-state index is 0.298. The van der Waals surface area contributed by atoms with Crippen molar-refractivity contribution in [3.8, 4) is 17.3 Å². The number of ether oxygens (including phenoxy) is 2. The lowest BCUT2D eigenvalue weighted by Gasteiger charge is -2.09. The Bertz CT molecular complexity index is 1150. The molecule has 1 aromatic carbocycles. The van der Waals surface area contributed by atoms with Crippen LogP contribution in [0.15, 0.2) is 41.5 Å². The summed E-state index contributed by atoms with van der Waals surface area (Å²) >= 11 is 0. The van der Waals surface area contributed by atoms with E-state index in [1.165, 1.54) is 4.57 Å². The summed E-state index contributed by atoms with van der Waals surface area (Å²) in [5, 5.41) is 0. The van der Waals surface area contributed by atoms with Crippen LogP contribution in [0, 0.1) is 0 Å². The Balaban J connectivity index is 1.94. The van der Waals surface area contributed by atoms with Crippen LogP contribution in [0.4, 0.5) is 0 Å². The third kappa shape index (κ3) is 2.65. The number of rotatable bonds is 5. The van der Waals surface area contributed by atoms with Gasteiger partial charge in [-0.2, -0.15) is 0 Å². The zero-order chi connectivity index (χ0) is 18.1. The van der Waals surface area contributed by atoms with E-state index in [-0.39, 0.29) is 5.69 Å². The monoisotopic (exact) mass is 351 g/mol. The van der Waals surface area contributed by atoms with Gasteiger partial charge in [0.05, 0.1) is 36.1 Å². The molecule has 4 rings (SSSR count). The first-order chi connectivity index (χ1) is 12.7. The van der Waals surface area contributed by atoms with Crippen LogP contribution in [0.25, 0.3) is 27.9 Å². The van der Waals surface area contributed by atoms with Gasteiger partial charge in [-0.3, -0.25) is 9.55 Å². The largest absolute Gasteiger partial charge is 0.491 e. The lowest BCUT2D eigenvalue weighted by atomic mass is 10.2. The Labute approximate surface area is 148 Å². The maximum absolute atomic E-state index is 12.6. The molecule has 8 heteroatoms. The summed E-state index contributed by atoms with van der Waals surface area (Å²) in [6, 6.07) is 7.16. The molecule has 132 valence electrons. The fraction of sp³-hybridized carbons (Fsp3) is 0.222. The Morgan fingerprint density at radius 2 is 1.92 bits per heavy atom. The van der Waals surface area contributed by atoms with Crippen LogP contribution in [-0.2, 0) is 0 Å². The van der Waals surface area contributed by atoms with Gasteiger partial charge in [0.1, 0.15) is 11.3 Å². The number of aromatic nitrogens is 5. The summed E-state index contributed by atoms with van der Waals surface area (Å²) in [7, 11) is 0. The van der Waals surface area contributed by atoms with Crippen LogP contribution in [0.3, 0.4) is 0 Å². The van der Waals surface area contributed by atoms with Crippen LogP contribution in [0.1, 0.15) is 13.8 Å². The van der Waals surface area contributed by atoms with E-state index in [1.807, 2.05) is 26.0 Å². The van der Waals surface area contributed by atoms with Crippen molar-refractivity contribution in [3.05, 3.63) is 47.1 Å². The number of imidazole rings is 1. The second-order valence-corrected chi connectivity index (χ2v) is 5.52. The Hall–Kier alpha value is -3.42. The molecule has 0 atom stereocenters. The van der Waals surface area contributed by atoms with Crippen molar-refractivity contribution in [3.63, 3.8) is 0 Å². The summed E-state index contributed by atoms with van der Waals surface area (Å²) in [6.45, 7) is 4.77. The molecule has 3 heterocycles. The van der Waals surface area contributed by atoms with Crippen LogP contribution in [0.5, 0.6) is 11.6 Å². The predicted molar refractivity (Wildman–Crippen MR) is 97.1 cm³/mol. The molecular formula is C18H17N5O3. The number of nitrogens with one attached hydrogen (secondary N) is 1. The van der Waals surface area contributed by atoms with Gasteiger partial charge in [-0.15, -0.1) is 0 Å². The van der Waals surface area contributed by atoms with Gasteiger partial charge in [-0.1, -0.05) is 0 Å². The highest BCUT2D eigenvalue weighted by Gasteiger charge is 2.15. The van der Waals surface area contributed by atoms with Gasteiger partial charge in [-0.25, -0.2) is 19.7 Å². The van der Waals surface area contributed by atoms with E-state index in [4.69, 9.17) is 9.47 Å². The molecule has 0 fully saturated rings. The van der Waals surface area contributed by atoms with E-state index in [0.717, 1.165) is 0 Å². The lowest BCUT2D eigenvalue weighted by Crippen LogP contribution is -2.15. The van der Waals surface area contributed by atoms with Crippen molar-refractivity contribution < 1.29 is 9.47 Å². The Morgan fingerprint density at radius 3 is 2.73 bits per heavy atom. The average molecular weight is 351 g/mol. The van der Waals surface area contributed by atoms with Crippen molar-refractivity contribution in [1.29, 1.82) is 0 Å². The molecule has 4 aromatic rings. The summed E-state index contributed by atoms with van der Waals surface area (Å²) in [5.41, 5.74) is 2.76. The molecule has 26 heavy (non-hydrogen) atoms. The average Bonchev–Trinajstić information content (AvgIpc) is 2.98. The predicted octanol–water partition coefficient (Wildman–Crippen LogP) is 2.45. The molecule has 0 amide bonds. The van der Waals surface area contributed by atoms with Crippen molar-refractivity contribution in [2.75, 3.05) is 13.2 Å². The van der Waals surface area contributed by atoms with E-state index >= 15 is 0 Å². The second kappa shape index (κ2) is 6.47. The molecule has 0 aliphatic heterocycles. The number of benzene rings is 1. The highest BCUT2D eigenvalue weighted by atomic mass is 16.5. The SMILES string of the molecule is CCOc1cnc2ccc(-n3c(=O)[nH]c4nccc(OCC)c43)cc2n1. The van der Waals surface area contributed by atoms with E-state index in [9.17, 15) is 4.79 Å².